The molecule has 110 valence electrons. The van der Waals surface area contributed by atoms with Gasteiger partial charge in [-0.05, 0) is 56.2 Å². The van der Waals surface area contributed by atoms with Crippen LogP contribution in [0.3, 0.4) is 0 Å². The lowest BCUT2D eigenvalue weighted by Gasteiger charge is -2.35. The number of ether oxygens (including phenoxy) is 1. The summed E-state index contributed by atoms with van der Waals surface area (Å²) in [7, 11) is 1.68. The Kier molecular flexibility index (Phi) is 5.65. The van der Waals surface area contributed by atoms with Crippen molar-refractivity contribution in [2.24, 2.45) is 0 Å². The van der Waals surface area contributed by atoms with Gasteiger partial charge in [-0.15, -0.1) is 0 Å². The van der Waals surface area contributed by atoms with Crippen molar-refractivity contribution in [1.29, 1.82) is 0 Å². The lowest BCUT2D eigenvalue weighted by Crippen LogP contribution is -2.43. The summed E-state index contributed by atoms with van der Waals surface area (Å²) in [5.41, 5.74) is 1.02. The van der Waals surface area contributed by atoms with Gasteiger partial charge in [-0.1, -0.05) is 19.3 Å². The number of anilines is 1. The maximum Gasteiger partial charge on any atom is 0.173 e. The third kappa shape index (κ3) is 3.85. The fraction of sp³-hybridized carbons (Fsp3) is 0.562. The second kappa shape index (κ2) is 7.48. The summed E-state index contributed by atoms with van der Waals surface area (Å²) in [6, 6.07) is 8.50. The van der Waals surface area contributed by atoms with Gasteiger partial charge < -0.3 is 15.0 Å². The second-order valence-corrected chi connectivity index (χ2v) is 5.62. The molecule has 1 aromatic rings. The molecule has 0 aliphatic heterocycles. The maximum absolute atomic E-state index is 5.58. The number of nitrogens with zero attached hydrogens (tertiary/aromatic N) is 1. The van der Waals surface area contributed by atoms with Crippen molar-refractivity contribution in [2.75, 3.05) is 19.0 Å². The highest BCUT2D eigenvalue weighted by atomic mass is 32.1. The van der Waals surface area contributed by atoms with Crippen molar-refractivity contribution < 1.29 is 4.74 Å². The van der Waals surface area contributed by atoms with Crippen molar-refractivity contribution in [3.8, 4) is 5.75 Å². The van der Waals surface area contributed by atoms with Crippen molar-refractivity contribution in [2.45, 2.75) is 45.1 Å². The van der Waals surface area contributed by atoms with Crippen LogP contribution in [0.4, 0.5) is 5.69 Å². The fourth-order valence-electron chi connectivity index (χ4n) is 2.83. The van der Waals surface area contributed by atoms with E-state index in [0.717, 1.165) is 23.1 Å². The van der Waals surface area contributed by atoms with Gasteiger partial charge in [0.1, 0.15) is 5.75 Å². The molecule has 1 aliphatic carbocycles. The molecular weight excluding hydrogens is 268 g/mol. The van der Waals surface area contributed by atoms with Crippen LogP contribution in [-0.2, 0) is 0 Å². The first kappa shape index (κ1) is 15.1. The number of benzene rings is 1. The molecule has 0 aromatic heterocycles. The van der Waals surface area contributed by atoms with Gasteiger partial charge in [-0.3, -0.25) is 0 Å². The first-order chi connectivity index (χ1) is 9.74. The topological polar surface area (TPSA) is 24.5 Å². The van der Waals surface area contributed by atoms with E-state index in [9.17, 15) is 0 Å². The molecular formula is C16H24N2OS. The number of hydrogen-bond donors (Lipinski definition) is 1. The van der Waals surface area contributed by atoms with Gasteiger partial charge in [0.15, 0.2) is 5.11 Å². The zero-order chi connectivity index (χ0) is 14.4. The Morgan fingerprint density at radius 3 is 2.45 bits per heavy atom. The second-order valence-electron chi connectivity index (χ2n) is 5.24. The van der Waals surface area contributed by atoms with E-state index in [2.05, 4.69) is 17.1 Å². The number of methoxy groups -OCH3 is 1. The van der Waals surface area contributed by atoms with Crippen LogP contribution in [0.1, 0.15) is 39.0 Å². The summed E-state index contributed by atoms with van der Waals surface area (Å²) >= 11 is 5.58. The Morgan fingerprint density at radius 1 is 1.25 bits per heavy atom. The molecule has 0 amide bonds. The molecule has 1 aromatic carbocycles. The smallest absolute Gasteiger partial charge is 0.173 e. The highest BCUT2D eigenvalue weighted by molar-refractivity contribution is 7.80. The molecule has 0 radical (unpaired) electrons. The molecule has 0 atom stereocenters. The Labute approximate surface area is 127 Å². The van der Waals surface area contributed by atoms with E-state index in [1.165, 1.54) is 32.1 Å². The molecule has 2 rings (SSSR count). The van der Waals surface area contributed by atoms with Crippen LogP contribution < -0.4 is 10.1 Å². The predicted octanol–water partition coefficient (Wildman–Crippen LogP) is 4.05. The average Bonchev–Trinajstić information content (AvgIpc) is 2.50. The highest BCUT2D eigenvalue weighted by Crippen LogP contribution is 2.23. The predicted molar refractivity (Wildman–Crippen MR) is 88.5 cm³/mol. The van der Waals surface area contributed by atoms with Crippen molar-refractivity contribution in [3.05, 3.63) is 24.3 Å². The normalized spacial score (nSPS) is 15.7. The molecule has 1 N–H and O–H groups in total. The third-order valence-corrected chi connectivity index (χ3v) is 4.29. The van der Waals surface area contributed by atoms with Gasteiger partial charge in [0.05, 0.1) is 7.11 Å². The van der Waals surface area contributed by atoms with Crippen LogP contribution in [0.25, 0.3) is 0 Å². The molecule has 1 aliphatic rings. The number of hydrogen-bond acceptors (Lipinski definition) is 2. The van der Waals surface area contributed by atoms with Crippen LogP contribution in [0.5, 0.6) is 5.75 Å². The minimum atomic E-state index is 0.604. The molecule has 3 nitrogen and oxygen atoms in total. The van der Waals surface area contributed by atoms with Gasteiger partial charge in [0, 0.05) is 18.3 Å². The van der Waals surface area contributed by atoms with E-state index in [1.807, 2.05) is 24.3 Å². The Bertz CT molecular complexity index is 427. The van der Waals surface area contributed by atoms with E-state index in [4.69, 9.17) is 17.0 Å². The standard InChI is InChI=1S/C16H24N2OS/c1-3-18(14-7-5-4-6-8-14)16(20)17-13-9-11-15(19-2)12-10-13/h9-12,14H,3-8H2,1-2H3,(H,17,20). The summed E-state index contributed by atoms with van der Waals surface area (Å²) in [6.45, 7) is 3.14. The molecule has 1 saturated carbocycles. The Hall–Kier alpha value is -1.29. The van der Waals surface area contributed by atoms with E-state index in [0.29, 0.717) is 6.04 Å². The van der Waals surface area contributed by atoms with Crippen LogP contribution in [-0.4, -0.2) is 29.7 Å². The van der Waals surface area contributed by atoms with Gasteiger partial charge in [-0.25, -0.2) is 0 Å². The minimum absolute atomic E-state index is 0.604. The highest BCUT2D eigenvalue weighted by Gasteiger charge is 2.21. The third-order valence-electron chi connectivity index (χ3n) is 3.96. The van der Waals surface area contributed by atoms with E-state index < -0.39 is 0 Å². The molecule has 0 unspecified atom stereocenters. The monoisotopic (exact) mass is 292 g/mol. The zero-order valence-electron chi connectivity index (χ0n) is 12.4. The molecule has 20 heavy (non-hydrogen) atoms. The number of rotatable bonds is 4. The van der Waals surface area contributed by atoms with Crippen molar-refractivity contribution >= 4 is 23.0 Å². The first-order valence-electron chi connectivity index (χ1n) is 7.46. The molecule has 0 heterocycles. The van der Waals surface area contributed by atoms with Crippen LogP contribution in [0, 0.1) is 0 Å². The molecule has 1 fully saturated rings. The molecule has 0 bridgehead atoms. The largest absolute Gasteiger partial charge is 0.497 e. The zero-order valence-corrected chi connectivity index (χ0v) is 13.2. The summed E-state index contributed by atoms with van der Waals surface area (Å²) in [5, 5.41) is 4.18. The van der Waals surface area contributed by atoms with Gasteiger partial charge >= 0.3 is 0 Å². The van der Waals surface area contributed by atoms with E-state index in [1.54, 1.807) is 7.11 Å². The van der Waals surface area contributed by atoms with Gasteiger partial charge in [0.25, 0.3) is 0 Å². The van der Waals surface area contributed by atoms with Gasteiger partial charge in [-0.2, -0.15) is 0 Å². The van der Waals surface area contributed by atoms with Crippen molar-refractivity contribution in [3.63, 3.8) is 0 Å². The van der Waals surface area contributed by atoms with Crippen LogP contribution >= 0.6 is 12.2 Å². The number of nitrogens with one attached hydrogen (secondary N) is 1. The maximum atomic E-state index is 5.58. The Balaban J connectivity index is 1.97. The van der Waals surface area contributed by atoms with Gasteiger partial charge in [0.2, 0.25) is 0 Å². The fourth-order valence-corrected chi connectivity index (χ4v) is 3.23. The van der Waals surface area contributed by atoms with E-state index in [-0.39, 0.29) is 0 Å². The summed E-state index contributed by atoms with van der Waals surface area (Å²) in [5.74, 6) is 0.862. The SMILES string of the molecule is CCN(C(=S)Nc1ccc(OC)cc1)C1CCCCC1. The molecule has 0 spiro atoms. The van der Waals surface area contributed by atoms with Crippen LogP contribution in [0.2, 0.25) is 0 Å². The average molecular weight is 292 g/mol. The van der Waals surface area contributed by atoms with Crippen molar-refractivity contribution in [1.82, 2.24) is 4.90 Å². The first-order valence-corrected chi connectivity index (χ1v) is 7.87. The minimum Gasteiger partial charge on any atom is -0.497 e. The summed E-state index contributed by atoms with van der Waals surface area (Å²) < 4.78 is 5.17. The molecule has 0 saturated heterocycles. The quantitative estimate of drug-likeness (QED) is 0.846. The number of thiocarbonyl (C=S) groups is 1. The van der Waals surface area contributed by atoms with Crippen LogP contribution in [0.15, 0.2) is 24.3 Å². The van der Waals surface area contributed by atoms with E-state index >= 15 is 0 Å². The molecule has 4 heteroatoms. The lowest BCUT2D eigenvalue weighted by molar-refractivity contribution is 0.255. The summed E-state index contributed by atoms with van der Waals surface area (Å²) in [4.78, 5) is 2.33. The lowest BCUT2D eigenvalue weighted by atomic mass is 9.94. The summed E-state index contributed by atoms with van der Waals surface area (Å²) in [6.07, 6.45) is 6.54. The Morgan fingerprint density at radius 2 is 1.90 bits per heavy atom.